The molecule has 2 N–H and O–H groups in total. The molecule has 1 fully saturated rings. The van der Waals surface area contributed by atoms with E-state index in [1.165, 1.54) is 12.3 Å². The average Bonchev–Trinajstić information content (AvgIpc) is 2.84. The van der Waals surface area contributed by atoms with Gasteiger partial charge in [-0.3, -0.25) is 0 Å². The van der Waals surface area contributed by atoms with Gasteiger partial charge in [0.25, 0.3) is 0 Å². The van der Waals surface area contributed by atoms with Gasteiger partial charge >= 0.3 is 5.97 Å². The van der Waals surface area contributed by atoms with Gasteiger partial charge in [-0.05, 0) is 18.9 Å². The Morgan fingerprint density at radius 1 is 1.68 bits per heavy atom. The number of nitrogens with one attached hydrogen (secondary N) is 1. The molecule has 2 rings (SSSR count). The van der Waals surface area contributed by atoms with E-state index >= 15 is 0 Å². The highest BCUT2D eigenvalue weighted by Gasteiger charge is 2.26. The van der Waals surface area contributed by atoms with Crippen molar-refractivity contribution in [3.63, 3.8) is 0 Å². The molecule has 0 saturated carbocycles. The molecule has 5 nitrogen and oxygen atoms in total. The van der Waals surface area contributed by atoms with E-state index in [0.29, 0.717) is 11.7 Å². The Hall–Kier alpha value is -1.33. The number of carboxylic acid groups (broad SMARTS) is 1. The number of aromatic carboxylic acids is 1. The molecular weight excluding hydrogens is 268 g/mol. The zero-order valence-electron chi connectivity index (χ0n) is 10.7. The number of halogens is 1. The lowest BCUT2D eigenvalue weighted by atomic mass is 10.00. The number of carbonyl (C=O) groups is 1. The molecule has 2 heterocycles. The number of rotatable bonds is 5. The summed E-state index contributed by atoms with van der Waals surface area (Å²) in [5.41, 5.74) is 0.0638. The van der Waals surface area contributed by atoms with E-state index < -0.39 is 5.97 Å². The normalized spacial score (nSPS) is 22.4. The molecule has 1 saturated heterocycles. The van der Waals surface area contributed by atoms with Crippen molar-refractivity contribution >= 4 is 23.4 Å². The second-order valence-electron chi connectivity index (χ2n) is 4.60. The van der Waals surface area contributed by atoms with Crippen molar-refractivity contribution in [3.8, 4) is 0 Å². The summed E-state index contributed by atoms with van der Waals surface area (Å²) in [5, 5.41) is 12.3. The predicted octanol–water partition coefficient (Wildman–Crippen LogP) is 2.66. The lowest BCUT2D eigenvalue weighted by molar-refractivity contribution is 0.0697. The van der Waals surface area contributed by atoms with Crippen LogP contribution in [0.5, 0.6) is 0 Å². The van der Waals surface area contributed by atoms with Crippen molar-refractivity contribution in [2.45, 2.75) is 25.9 Å². The minimum Gasteiger partial charge on any atom is -0.478 e. The summed E-state index contributed by atoms with van der Waals surface area (Å²) in [7, 11) is 0. The number of hydrogen-bond acceptors (Lipinski definition) is 4. The van der Waals surface area contributed by atoms with Gasteiger partial charge in [0.05, 0.1) is 16.7 Å². The van der Waals surface area contributed by atoms with Gasteiger partial charge in [-0.2, -0.15) is 0 Å². The van der Waals surface area contributed by atoms with Gasteiger partial charge in [-0.15, -0.1) is 0 Å². The molecule has 1 aliphatic heterocycles. The van der Waals surface area contributed by atoms with Crippen LogP contribution in [0, 0.1) is 5.92 Å². The molecule has 6 heteroatoms. The summed E-state index contributed by atoms with van der Waals surface area (Å²) < 4.78 is 5.61. The molecule has 19 heavy (non-hydrogen) atoms. The molecule has 0 spiro atoms. The zero-order valence-corrected chi connectivity index (χ0v) is 11.5. The van der Waals surface area contributed by atoms with E-state index in [2.05, 4.69) is 17.2 Å². The summed E-state index contributed by atoms with van der Waals surface area (Å²) >= 11 is 5.77. The number of hydrogen-bond donors (Lipinski definition) is 2. The van der Waals surface area contributed by atoms with Crippen molar-refractivity contribution in [2.75, 3.05) is 18.5 Å². The Kier molecular flexibility index (Phi) is 4.61. The van der Waals surface area contributed by atoms with Crippen molar-refractivity contribution in [1.82, 2.24) is 4.98 Å². The van der Waals surface area contributed by atoms with Crippen LogP contribution in [0.4, 0.5) is 5.82 Å². The number of pyridine rings is 1. The number of anilines is 1. The van der Waals surface area contributed by atoms with Gasteiger partial charge in [0, 0.05) is 25.3 Å². The van der Waals surface area contributed by atoms with Crippen LogP contribution < -0.4 is 5.32 Å². The lowest BCUT2D eigenvalue weighted by Gasteiger charge is -2.17. The molecule has 0 aromatic carbocycles. The number of ether oxygens (including phenoxy) is 1. The predicted molar refractivity (Wildman–Crippen MR) is 72.8 cm³/mol. The minimum absolute atomic E-state index is 0.0638. The summed E-state index contributed by atoms with van der Waals surface area (Å²) in [6, 6.07) is 1.46. The highest BCUT2D eigenvalue weighted by Crippen LogP contribution is 2.24. The molecule has 1 aliphatic rings. The largest absolute Gasteiger partial charge is 0.478 e. The molecule has 1 aromatic heterocycles. The monoisotopic (exact) mass is 284 g/mol. The molecule has 0 aliphatic carbocycles. The molecule has 1 aromatic rings. The summed E-state index contributed by atoms with van der Waals surface area (Å²) in [4.78, 5) is 15.1. The molecule has 0 amide bonds. The number of carboxylic acids is 1. The molecular formula is C13H17ClN2O3. The van der Waals surface area contributed by atoms with Crippen LogP contribution in [0.15, 0.2) is 12.3 Å². The summed E-state index contributed by atoms with van der Waals surface area (Å²) in [6.07, 6.45) is 3.64. The van der Waals surface area contributed by atoms with Crippen LogP contribution in [0.3, 0.4) is 0 Å². The fourth-order valence-electron chi connectivity index (χ4n) is 2.31. The van der Waals surface area contributed by atoms with Gasteiger partial charge in [-0.25, -0.2) is 9.78 Å². The second kappa shape index (κ2) is 6.21. The Labute approximate surface area is 116 Å². The topological polar surface area (TPSA) is 71.5 Å². The fraction of sp³-hybridized carbons (Fsp3) is 0.538. The summed E-state index contributed by atoms with van der Waals surface area (Å²) in [5.74, 6) is -0.0783. The van der Waals surface area contributed by atoms with E-state index in [9.17, 15) is 4.79 Å². The van der Waals surface area contributed by atoms with E-state index in [1.54, 1.807) is 0 Å². The Morgan fingerprint density at radius 3 is 3.16 bits per heavy atom. The van der Waals surface area contributed by atoms with E-state index in [0.717, 1.165) is 26.0 Å². The first-order valence-electron chi connectivity index (χ1n) is 6.36. The first kappa shape index (κ1) is 14.1. The van der Waals surface area contributed by atoms with Crippen molar-refractivity contribution in [1.29, 1.82) is 0 Å². The molecule has 2 unspecified atom stereocenters. The van der Waals surface area contributed by atoms with Gasteiger partial charge in [-0.1, -0.05) is 18.5 Å². The SMILES string of the molecule is CCC1OCCC1CNc1cc(C(=O)O)c(Cl)cn1. The van der Waals surface area contributed by atoms with Gasteiger partial charge in [0.15, 0.2) is 0 Å². The van der Waals surface area contributed by atoms with Gasteiger partial charge < -0.3 is 15.2 Å². The third kappa shape index (κ3) is 3.36. The first-order valence-corrected chi connectivity index (χ1v) is 6.74. The third-order valence-electron chi connectivity index (χ3n) is 3.38. The quantitative estimate of drug-likeness (QED) is 0.870. The smallest absolute Gasteiger partial charge is 0.337 e. The van der Waals surface area contributed by atoms with Gasteiger partial charge in [0.2, 0.25) is 0 Å². The Morgan fingerprint density at radius 2 is 2.47 bits per heavy atom. The van der Waals surface area contributed by atoms with Crippen LogP contribution in [0.2, 0.25) is 5.02 Å². The maximum Gasteiger partial charge on any atom is 0.337 e. The maximum atomic E-state index is 11.0. The van der Waals surface area contributed by atoms with Crippen molar-refractivity contribution in [3.05, 3.63) is 22.8 Å². The Balaban J connectivity index is 2.00. The highest BCUT2D eigenvalue weighted by molar-refractivity contribution is 6.33. The fourth-order valence-corrected chi connectivity index (χ4v) is 2.50. The van der Waals surface area contributed by atoms with E-state index in [-0.39, 0.29) is 16.7 Å². The third-order valence-corrected chi connectivity index (χ3v) is 3.68. The van der Waals surface area contributed by atoms with Crippen LogP contribution in [-0.2, 0) is 4.74 Å². The van der Waals surface area contributed by atoms with E-state index in [1.807, 2.05) is 0 Å². The number of nitrogens with zero attached hydrogens (tertiary/aromatic N) is 1. The van der Waals surface area contributed by atoms with Gasteiger partial charge in [0.1, 0.15) is 5.82 Å². The lowest BCUT2D eigenvalue weighted by Crippen LogP contribution is -2.23. The van der Waals surface area contributed by atoms with Crippen molar-refractivity contribution in [2.24, 2.45) is 5.92 Å². The van der Waals surface area contributed by atoms with Crippen LogP contribution in [0.25, 0.3) is 0 Å². The average molecular weight is 285 g/mol. The molecule has 104 valence electrons. The highest BCUT2D eigenvalue weighted by atomic mass is 35.5. The van der Waals surface area contributed by atoms with Crippen molar-refractivity contribution < 1.29 is 14.6 Å². The molecule has 2 atom stereocenters. The Bertz CT molecular complexity index is 467. The standard InChI is InChI=1S/C13H17ClN2O3/c1-2-11-8(3-4-19-11)6-15-12-5-9(13(17)18)10(14)7-16-12/h5,7-8,11H,2-4,6H2,1H3,(H,15,16)(H,17,18). The maximum absolute atomic E-state index is 11.0. The minimum atomic E-state index is -1.05. The first-order chi connectivity index (χ1) is 9.11. The van der Waals surface area contributed by atoms with E-state index in [4.69, 9.17) is 21.4 Å². The number of aromatic nitrogens is 1. The summed E-state index contributed by atoms with van der Waals surface area (Å²) in [6.45, 7) is 3.62. The van der Waals surface area contributed by atoms with Crippen LogP contribution in [0.1, 0.15) is 30.1 Å². The van der Waals surface area contributed by atoms with Crippen LogP contribution in [-0.4, -0.2) is 35.3 Å². The zero-order chi connectivity index (χ0) is 13.8. The molecule has 0 radical (unpaired) electrons. The molecule has 0 bridgehead atoms. The van der Waals surface area contributed by atoms with Crippen LogP contribution >= 0.6 is 11.6 Å². The second-order valence-corrected chi connectivity index (χ2v) is 5.01.